The van der Waals surface area contributed by atoms with Crippen molar-refractivity contribution in [1.29, 1.82) is 0 Å². The molecule has 1 rings (SSSR count). The number of ether oxygens (including phenoxy) is 1. The van der Waals surface area contributed by atoms with Gasteiger partial charge in [-0.1, -0.05) is 0 Å². The number of aryl methyl sites for hydroxylation is 1. The van der Waals surface area contributed by atoms with E-state index in [-0.39, 0.29) is 17.3 Å². The van der Waals surface area contributed by atoms with Crippen LogP contribution in [-0.2, 0) is 0 Å². The molecule has 0 unspecified atom stereocenters. The summed E-state index contributed by atoms with van der Waals surface area (Å²) in [6.07, 6.45) is 0. The molecular weight excluding hydrogens is 366 g/mol. The van der Waals surface area contributed by atoms with Crippen molar-refractivity contribution < 1.29 is 18.3 Å². The van der Waals surface area contributed by atoms with E-state index in [2.05, 4.69) is 21.2 Å². The fourth-order valence-electron chi connectivity index (χ4n) is 1.20. The number of thiophene rings is 1. The minimum absolute atomic E-state index is 0. The summed E-state index contributed by atoms with van der Waals surface area (Å²) in [4.78, 5) is 12.9. The van der Waals surface area contributed by atoms with E-state index in [4.69, 9.17) is 10.5 Å². The van der Waals surface area contributed by atoms with Crippen molar-refractivity contribution in [2.24, 2.45) is 5.73 Å². The van der Waals surface area contributed by atoms with E-state index in [0.29, 0.717) is 10.2 Å². The van der Waals surface area contributed by atoms with Gasteiger partial charge < -0.3 is 15.8 Å². The first-order valence-corrected chi connectivity index (χ1v) is 6.62. The van der Waals surface area contributed by atoms with Crippen LogP contribution in [0.5, 0.6) is 5.75 Å². The highest BCUT2D eigenvalue weighted by Gasteiger charge is 2.29. The van der Waals surface area contributed by atoms with Gasteiger partial charge in [0.25, 0.3) is 11.8 Å². The Bertz CT molecular complexity index is 457. The molecule has 0 aromatic carbocycles. The van der Waals surface area contributed by atoms with Crippen molar-refractivity contribution in [3.63, 3.8) is 0 Å². The summed E-state index contributed by atoms with van der Waals surface area (Å²) >= 11 is 4.44. The Morgan fingerprint density at radius 1 is 1.58 bits per heavy atom. The average Bonchev–Trinajstić information content (AvgIpc) is 2.62. The molecule has 1 heterocycles. The standard InChI is InChI=1S/C10H13BrF2N2O2S.ClH/c1-5-6(11)7(17-2)8(18-5)9(16)15-4-10(12,13)3-14;/h3-4,14H2,1-2H3,(H,15,16);1H. The van der Waals surface area contributed by atoms with Gasteiger partial charge in [-0.3, -0.25) is 4.79 Å². The molecule has 1 aromatic rings. The molecular formula is C10H14BrClF2N2O2S. The molecule has 0 fully saturated rings. The molecule has 0 saturated heterocycles. The molecule has 0 aliphatic rings. The van der Waals surface area contributed by atoms with Crippen molar-refractivity contribution in [2.45, 2.75) is 12.8 Å². The average molecular weight is 380 g/mol. The van der Waals surface area contributed by atoms with Crippen LogP contribution in [0.4, 0.5) is 8.78 Å². The predicted molar refractivity (Wildman–Crippen MR) is 76.9 cm³/mol. The quantitative estimate of drug-likeness (QED) is 0.826. The van der Waals surface area contributed by atoms with Crippen LogP contribution in [0.1, 0.15) is 14.5 Å². The Hall–Kier alpha value is -0.440. The lowest BCUT2D eigenvalue weighted by Gasteiger charge is -2.14. The zero-order valence-corrected chi connectivity index (χ0v) is 13.5. The molecule has 0 radical (unpaired) electrons. The first kappa shape index (κ1) is 18.6. The van der Waals surface area contributed by atoms with Gasteiger partial charge in [-0.2, -0.15) is 0 Å². The SMILES string of the molecule is COc1c(C(=O)NCC(F)(F)CN)sc(C)c1Br.Cl. The molecule has 0 atom stereocenters. The number of halogens is 4. The van der Waals surface area contributed by atoms with Gasteiger partial charge in [0.05, 0.1) is 24.7 Å². The Balaban J connectivity index is 0.00000324. The van der Waals surface area contributed by atoms with Crippen LogP contribution in [0.2, 0.25) is 0 Å². The third kappa shape index (κ3) is 4.55. The van der Waals surface area contributed by atoms with E-state index in [1.54, 1.807) is 6.92 Å². The number of hydrogen-bond acceptors (Lipinski definition) is 4. The number of amides is 1. The highest BCUT2D eigenvalue weighted by molar-refractivity contribution is 9.10. The second-order valence-corrected chi connectivity index (χ2v) is 5.60. The summed E-state index contributed by atoms with van der Waals surface area (Å²) in [5.74, 6) is -3.35. The smallest absolute Gasteiger partial charge is 0.277 e. The molecule has 0 saturated carbocycles. The lowest BCUT2D eigenvalue weighted by atomic mass is 10.3. The van der Waals surface area contributed by atoms with Gasteiger partial charge in [0.15, 0.2) is 5.75 Å². The van der Waals surface area contributed by atoms with Crippen LogP contribution < -0.4 is 15.8 Å². The number of nitrogens with two attached hydrogens (primary N) is 1. The van der Waals surface area contributed by atoms with E-state index in [1.807, 2.05) is 0 Å². The van der Waals surface area contributed by atoms with Crippen molar-refractivity contribution in [3.8, 4) is 5.75 Å². The van der Waals surface area contributed by atoms with Crippen LogP contribution in [0.3, 0.4) is 0 Å². The maximum absolute atomic E-state index is 12.9. The first-order chi connectivity index (χ1) is 8.32. The highest BCUT2D eigenvalue weighted by Crippen LogP contribution is 2.38. The Kier molecular flexibility index (Phi) is 7.20. The maximum atomic E-state index is 12.9. The molecule has 4 nitrogen and oxygen atoms in total. The van der Waals surface area contributed by atoms with Crippen LogP contribution >= 0.6 is 39.7 Å². The third-order valence-corrected chi connectivity index (χ3v) is 4.49. The Morgan fingerprint density at radius 2 is 2.16 bits per heavy atom. The number of carbonyl (C=O) groups excluding carboxylic acids is 1. The van der Waals surface area contributed by atoms with Gasteiger partial charge in [-0.15, -0.1) is 23.7 Å². The zero-order valence-electron chi connectivity index (χ0n) is 10.3. The van der Waals surface area contributed by atoms with Crippen LogP contribution in [-0.4, -0.2) is 32.0 Å². The molecule has 110 valence electrons. The van der Waals surface area contributed by atoms with E-state index in [1.165, 1.54) is 18.4 Å². The topological polar surface area (TPSA) is 64.3 Å². The van der Waals surface area contributed by atoms with Gasteiger partial charge >= 0.3 is 0 Å². The zero-order chi connectivity index (χ0) is 13.9. The number of hydrogen-bond donors (Lipinski definition) is 2. The summed E-state index contributed by atoms with van der Waals surface area (Å²) in [6.45, 7) is 0.195. The number of rotatable bonds is 5. The minimum atomic E-state index is -3.10. The number of alkyl halides is 2. The third-order valence-electron chi connectivity index (χ3n) is 2.19. The van der Waals surface area contributed by atoms with E-state index in [9.17, 15) is 13.6 Å². The molecule has 0 spiro atoms. The molecule has 0 bridgehead atoms. The fraction of sp³-hybridized carbons (Fsp3) is 0.500. The number of carbonyl (C=O) groups is 1. The molecule has 1 aromatic heterocycles. The number of nitrogens with one attached hydrogen (secondary N) is 1. The summed E-state index contributed by atoms with van der Waals surface area (Å²) < 4.78 is 31.6. The second kappa shape index (κ2) is 7.37. The lowest BCUT2D eigenvalue weighted by molar-refractivity contribution is 0.0119. The Morgan fingerprint density at radius 3 is 2.63 bits per heavy atom. The fourth-order valence-corrected chi connectivity index (χ4v) is 2.86. The monoisotopic (exact) mass is 378 g/mol. The first-order valence-electron chi connectivity index (χ1n) is 5.01. The normalized spacial score (nSPS) is 10.8. The highest BCUT2D eigenvalue weighted by atomic mass is 79.9. The van der Waals surface area contributed by atoms with Crippen LogP contribution in [0, 0.1) is 6.92 Å². The largest absolute Gasteiger partial charge is 0.494 e. The van der Waals surface area contributed by atoms with Crippen molar-refractivity contribution >= 4 is 45.6 Å². The summed E-state index contributed by atoms with van der Waals surface area (Å²) in [7, 11) is 1.41. The summed E-state index contributed by atoms with van der Waals surface area (Å²) in [5.41, 5.74) is 4.88. The van der Waals surface area contributed by atoms with E-state index in [0.717, 1.165) is 4.88 Å². The maximum Gasteiger partial charge on any atom is 0.277 e. The van der Waals surface area contributed by atoms with Crippen molar-refractivity contribution in [1.82, 2.24) is 5.32 Å². The van der Waals surface area contributed by atoms with E-state index >= 15 is 0 Å². The van der Waals surface area contributed by atoms with Gasteiger partial charge in [0.1, 0.15) is 4.88 Å². The molecule has 1 amide bonds. The van der Waals surface area contributed by atoms with Crippen molar-refractivity contribution in [3.05, 3.63) is 14.2 Å². The molecule has 19 heavy (non-hydrogen) atoms. The summed E-state index contributed by atoms with van der Waals surface area (Å²) in [5, 5.41) is 2.15. The van der Waals surface area contributed by atoms with Gasteiger partial charge in [0.2, 0.25) is 0 Å². The second-order valence-electron chi connectivity index (χ2n) is 3.58. The van der Waals surface area contributed by atoms with Crippen LogP contribution in [0.25, 0.3) is 0 Å². The summed E-state index contributed by atoms with van der Waals surface area (Å²) in [6, 6.07) is 0. The van der Waals surface area contributed by atoms with E-state index < -0.39 is 24.9 Å². The molecule has 3 N–H and O–H groups in total. The predicted octanol–water partition coefficient (Wildman–Crippen LogP) is 2.57. The number of methoxy groups -OCH3 is 1. The minimum Gasteiger partial charge on any atom is -0.494 e. The molecule has 0 aliphatic carbocycles. The van der Waals surface area contributed by atoms with Gasteiger partial charge in [-0.25, -0.2) is 8.78 Å². The Labute approximate surface area is 128 Å². The van der Waals surface area contributed by atoms with Gasteiger partial charge in [-0.05, 0) is 22.9 Å². The van der Waals surface area contributed by atoms with Crippen molar-refractivity contribution in [2.75, 3.05) is 20.2 Å². The van der Waals surface area contributed by atoms with Crippen LogP contribution in [0.15, 0.2) is 4.47 Å². The van der Waals surface area contributed by atoms with Gasteiger partial charge in [0, 0.05) is 4.88 Å². The molecule has 9 heteroatoms. The molecule has 0 aliphatic heterocycles. The lowest BCUT2D eigenvalue weighted by Crippen LogP contribution is -2.41.